The van der Waals surface area contributed by atoms with Crippen LogP contribution < -0.4 is 5.32 Å². The molecule has 1 aliphatic heterocycles. The van der Waals surface area contributed by atoms with E-state index < -0.39 is 16.0 Å². The van der Waals surface area contributed by atoms with Crippen molar-refractivity contribution in [2.24, 2.45) is 5.92 Å². The number of ether oxygens (including phenoxy) is 2. The van der Waals surface area contributed by atoms with Crippen molar-refractivity contribution >= 4 is 52.5 Å². The fourth-order valence-corrected chi connectivity index (χ4v) is 4.95. The van der Waals surface area contributed by atoms with Crippen molar-refractivity contribution in [3.63, 3.8) is 0 Å². The number of nitrogens with one attached hydrogen (secondary N) is 2. The Hall–Kier alpha value is -1.85. The van der Waals surface area contributed by atoms with Gasteiger partial charge in [-0.2, -0.15) is 5.10 Å². The number of aromatic amines is 1. The number of nitrogens with zero attached hydrogens (tertiary/aromatic N) is 2. The number of H-pyrrole nitrogens is 1. The van der Waals surface area contributed by atoms with E-state index in [9.17, 15) is 9.90 Å². The van der Waals surface area contributed by atoms with Crippen molar-refractivity contribution in [2.75, 3.05) is 5.75 Å². The van der Waals surface area contributed by atoms with Gasteiger partial charge in [0.05, 0.1) is 18.8 Å². The van der Waals surface area contributed by atoms with E-state index in [1.807, 2.05) is 48.5 Å². The Kier molecular flexibility index (Phi) is 9.16. The minimum Gasteiger partial charge on any atom is -0.392 e. The highest BCUT2D eigenvalue weighted by molar-refractivity contribution is 7.99. The van der Waals surface area contributed by atoms with Crippen LogP contribution in [0.3, 0.4) is 0 Å². The Balaban J connectivity index is 1.50. The van der Waals surface area contributed by atoms with Gasteiger partial charge in [0.1, 0.15) is 6.33 Å². The van der Waals surface area contributed by atoms with E-state index in [1.165, 1.54) is 18.1 Å². The van der Waals surface area contributed by atoms with Crippen LogP contribution in [0.15, 0.2) is 60.0 Å². The second kappa shape index (κ2) is 12.1. The first-order chi connectivity index (χ1) is 17.2. The molecule has 0 unspecified atom stereocenters. The lowest BCUT2D eigenvalue weighted by atomic mass is 9.91. The van der Waals surface area contributed by atoms with Crippen LogP contribution in [-0.4, -0.2) is 41.8 Å². The third-order valence-electron chi connectivity index (χ3n) is 5.86. The SMILES string of the molecule is C[C@H]1[C@@H](CSc2ncn[nH]2)O[C@@H](c2ccc(CNC(=O)C(Cl)(Cl)Cl)cc2)O[C@H]1c1ccc(CO)cc1. The van der Waals surface area contributed by atoms with E-state index >= 15 is 0 Å². The summed E-state index contributed by atoms with van der Waals surface area (Å²) in [5.74, 6) is 0.0162. The van der Waals surface area contributed by atoms with Gasteiger partial charge >= 0.3 is 0 Å². The van der Waals surface area contributed by atoms with E-state index in [-0.39, 0.29) is 31.3 Å². The predicted octanol–water partition coefficient (Wildman–Crippen LogP) is 4.87. The summed E-state index contributed by atoms with van der Waals surface area (Å²) in [6, 6.07) is 15.3. The molecule has 4 atom stereocenters. The standard InChI is InChI=1S/C24H25Cl3N4O4S/c1-14-19(12-36-23-29-13-30-31-23)34-21(35-20(14)17-6-4-16(11-32)5-7-17)18-8-2-15(3-9-18)10-28-22(33)24(25,26)27/h2-9,13-14,19-21,32H,10-12H2,1H3,(H,28,33)(H,29,30,31)/t14-,19+,20+,21+/m0/s1. The summed E-state index contributed by atoms with van der Waals surface area (Å²) in [7, 11) is 0. The monoisotopic (exact) mass is 570 g/mol. The number of carbonyl (C=O) groups excluding carboxylic acids is 1. The van der Waals surface area contributed by atoms with Crippen LogP contribution in [0.25, 0.3) is 0 Å². The van der Waals surface area contributed by atoms with Crippen LogP contribution in [0.5, 0.6) is 0 Å². The van der Waals surface area contributed by atoms with Crippen molar-refractivity contribution in [3.8, 4) is 0 Å². The van der Waals surface area contributed by atoms with Gasteiger partial charge in [-0.3, -0.25) is 9.89 Å². The van der Waals surface area contributed by atoms with Gasteiger partial charge in [-0.1, -0.05) is 102 Å². The number of halogens is 3. The molecule has 2 heterocycles. The molecule has 3 aromatic rings. The highest BCUT2D eigenvalue weighted by atomic mass is 35.6. The molecule has 1 aromatic heterocycles. The fraction of sp³-hybridized carbons (Fsp3) is 0.375. The maximum absolute atomic E-state index is 11.8. The topological polar surface area (TPSA) is 109 Å². The smallest absolute Gasteiger partial charge is 0.272 e. The number of carbonyl (C=O) groups is 1. The minimum absolute atomic E-state index is 0.0159. The molecule has 36 heavy (non-hydrogen) atoms. The molecule has 1 amide bonds. The molecule has 4 rings (SSSR count). The highest BCUT2D eigenvalue weighted by Gasteiger charge is 2.38. The lowest BCUT2D eigenvalue weighted by Gasteiger charge is -2.41. The van der Waals surface area contributed by atoms with E-state index in [0.29, 0.717) is 5.75 Å². The van der Waals surface area contributed by atoms with Crippen molar-refractivity contribution in [1.82, 2.24) is 20.5 Å². The predicted molar refractivity (Wildman–Crippen MR) is 139 cm³/mol. The van der Waals surface area contributed by atoms with Crippen LogP contribution in [0, 0.1) is 5.92 Å². The first kappa shape index (κ1) is 27.2. The highest BCUT2D eigenvalue weighted by Crippen LogP contribution is 2.42. The number of rotatable bonds is 8. The fourth-order valence-electron chi connectivity index (χ4n) is 3.81. The second-order valence-electron chi connectivity index (χ2n) is 8.35. The maximum Gasteiger partial charge on any atom is 0.272 e. The summed E-state index contributed by atoms with van der Waals surface area (Å²) in [5, 5.41) is 19.5. The lowest BCUT2D eigenvalue weighted by molar-refractivity contribution is -0.268. The number of aromatic nitrogens is 3. The number of amides is 1. The van der Waals surface area contributed by atoms with Crippen molar-refractivity contribution in [1.29, 1.82) is 0 Å². The quantitative estimate of drug-likeness (QED) is 0.261. The zero-order valence-electron chi connectivity index (χ0n) is 19.2. The molecule has 1 aliphatic rings. The summed E-state index contributed by atoms with van der Waals surface area (Å²) >= 11 is 18.3. The number of thioether (sulfide) groups is 1. The Morgan fingerprint density at radius 1 is 1.08 bits per heavy atom. The number of aliphatic hydroxyl groups is 1. The molecule has 2 aromatic carbocycles. The largest absolute Gasteiger partial charge is 0.392 e. The molecule has 0 bridgehead atoms. The van der Waals surface area contributed by atoms with Crippen molar-refractivity contribution < 1.29 is 19.4 Å². The van der Waals surface area contributed by atoms with Crippen molar-refractivity contribution in [2.45, 2.75) is 47.5 Å². The molecule has 12 heteroatoms. The van der Waals surface area contributed by atoms with Gasteiger partial charge in [0.15, 0.2) is 11.4 Å². The summed E-state index contributed by atoms with van der Waals surface area (Å²) in [5.41, 5.74) is 3.52. The van der Waals surface area contributed by atoms with Crippen LogP contribution in [0.1, 0.15) is 41.6 Å². The summed E-state index contributed by atoms with van der Waals surface area (Å²) in [6.07, 6.45) is 0.515. The van der Waals surface area contributed by atoms with Crippen LogP contribution >= 0.6 is 46.6 Å². The van der Waals surface area contributed by atoms with Crippen molar-refractivity contribution in [3.05, 3.63) is 77.1 Å². The zero-order chi connectivity index (χ0) is 25.7. The third kappa shape index (κ3) is 6.92. The van der Waals surface area contributed by atoms with Crippen LogP contribution in [-0.2, 0) is 27.4 Å². The maximum atomic E-state index is 11.8. The van der Waals surface area contributed by atoms with Gasteiger partial charge in [-0.05, 0) is 16.7 Å². The molecule has 3 N–H and O–H groups in total. The number of hydrogen-bond donors (Lipinski definition) is 3. The number of aliphatic hydroxyl groups excluding tert-OH is 1. The molecule has 1 saturated heterocycles. The first-order valence-corrected chi connectivity index (χ1v) is 13.3. The van der Waals surface area contributed by atoms with Gasteiger partial charge in [0, 0.05) is 23.8 Å². The minimum atomic E-state index is -2.01. The molecular weight excluding hydrogens is 547 g/mol. The van der Waals surface area contributed by atoms with E-state index in [4.69, 9.17) is 44.3 Å². The second-order valence-corrected chi connectivity index (χ2v) is 11.6. The Labute approximate surface area is 228 Å². The van der Waals surface area contributed by atoms with Crippen LogP contribution in [0.2, 0.25) is 0 Å². The summed E-state index contributed by atoms with van der Waals surface area (Å²) in [6.45, 7) is 2.30. The van der Waals surface area contributed by atoms with Gasteiger partial charge in [-0.25, -0.2) is 4.98 Å². The average molecular weight is 572 g/mol. The molecule has 1 fully saturated rings. The number of benzene rings is 2. The zero-order valence-corrected chi connectivity index (χ0v) is 22.3. The Morgan fingerprint density at radius 2 is 1.75 bits per heavy atom. The Morgan fingerprint density at radius 3 is 2.36 bits per heavy atom. The molecule has 0 spiro atoms. The van der Waals surface area contributed by atoms with Gasteiger partial charge in [-0.15, -0.1) is 0 Å². The normalized spacial score (nSPS) is 22.4. The molecule has 8 nitrogen and oxygen atoms in total. The Bertz CT molecular complexity index is 1130. The summed E-state index contributed by atoms with van der Waals surface area (Å²) in [4.78, 5) is 16.0. The third-order valence-corrected chi connectivity index (χ3v) is 7.34. The molecule has 0 aliphatic carbocycles. The molecule has 0 radical (unpaired) electrons. The molecule has 0 saturated carbocycles. The van der Waals surface area contributed by atoms with E-state index in [2.05, 4.69) is 27.4 Å². The molecular formula is C24H25Cl3N4O4S. The van der Waals surface area contributed by atoms with Gasteiger partial charge in [0.2, 0.25) is 0 Å². The van der Waals surface area contributed by atoms with E-state index in [1.54, 1.807) is 0 Å². The first-order valence-electron chi connectivity index (χ1n) is 11.2. The number of alkyl halides is 3. The van der Waals surface area contributed by atoms with E-state index in [0.717, 1.165) is 27.4 Å². The lowest BCUT2D eigenvalue weighted by Crippen LogP contribution is -2.38. The van der Waals surface area contributed by atoms with Gasteiger partial charge < -0.3 is 19.9 Å². The summed E-state index contributed by atoms with van der Waals surface area (Å²) < 4.78 is 10.8. The molecule has 192 valence electrons. The van der Waals surface area contributed by atoms with Gasteiger partial charge in [0.25, 0.3) is 9.70 Å². The average Bonchev–Trinajstić information content (AvgIpc) is 3.40. The van der Waals surface area contributed by atoms with Crippen LogP contribution in [0.4, 0.5) is 0 Å². The number of hydrogen-bond acceptors (Lipinski definition) is 7.